The third-order valence-corrected chi connectivity index (χ3v) is 3.41. The maximum atomic E-state index is 12.4. The standard InChI is InChI=1S/C17H23F3N2/c1-4-9-22-11-14-7-5-12(2)10-15(14)13(3)6-8-16(21)17(18,19)20/h5,7,10,21-22H,3-4,6,8-9,11H2,1-2H3. The lowest BCUT2D eigenvalue weighted by Crippen LogP contribution is -2.21. The summed E-state index contributed by atoms with van der Waals surface area (Å²) in [7, 11) is 0. The number of rotatable bonds is 8. The topological polar surface area (TPSA) is 35.9 Å². The van der Waals surface area contributed by atoms with Gasteiger partial charge in [0.05, 0.1) is 0 Å². The molecule has 0 fully saturated rings. The highest BCUT2D eigenvalue weighted by Gasteiger charge is 2.33. The molecule has 22 heavy (non-hydrogen) atoms. The SMILES string of the molecule is C=C(CCC(=N)C(F)(F)F)c1cc(C)ccc1CNCCC. The predicted molar refractivity (Wildman–Crippen MR) is 85.2 cm³/mol. The van der Waals surface area contributed by atoms with Crippen LogP contribution < -0.4 is 5.32 Å². The molecule has 0 aliphatic heterocycles. The second-order valence-corrected chi connectivity index (χ2v) is 5.42. The smallest absolute Gasteiger partial charge is 0.313 e. The van der Waals surface area contributed by atoms with Gasteiger partial charge in [0.1, 0.15) is 5.71 Å². The maximum absolute atomic E-state index is 12.4. The number of aryl methyl sites for hydroxylation is 1. The Labute approximate surface area is 129 Å². The van der Waals surface area contributed by atoms with Crippen molar-refractivity contribution in [3.8, 4) is 0 Å². The van der Waals surface area contributed by atoms with Gasteiger partial charge in [0, 0.05) is 6.54 Å². The number of nitrogens with one attached hydrogen (secondary N) is 2. The first-order valence-corrected chi connectivity index (χ1v) is 7.38. The zero-order valence-corrected chi connectivity index (χ0v) is 13.1. The van der Waals surface area contributed by atoms with Crippen LogP contribution in [0.2, 0.25) is 0 Å². The Morgan fingerprint density at radius 1 is 1.27 bits per heavy atom. The van der Waals surface area contributed by atoms with E-state index in [1.165, 1.54) is 0 Å². The Morgan fingerprint density at radius 3 is 2.55 bits per heavy atom. The van der Waals surface area contributed by atoms with Gasteiger partial charge in [-0.25, -0.2) is 0 Å². The fourth-order valence-corrected chi connectivity index (χ4v) is 2.13. The van der Waals surface area contributed by atoms with Crippen molar-refractivity contribution in [3.05, 3.63) is 41.5 Å². The minimum atomic E-state index is -4.54. The Morgan fingerprint density at radius 2 is 1.95 bits per heavy atom. The summed E-state index contributed by atoms with van der Waals surface area (Å²) in [4.78, 5) is 0. The van der Waals surface area contributed by atoms with Gasteiger partial charge >= 0.3 is 6.18 Å². The van der Waals surface area contributed by atoms with E-state index in [2.05, 4.69) is 18.8 Å². The zero-order chi connectivity index (χ0) is 16.8. The van der Waals surface area contributed by atoms with Crippen LogP contribution >= 0.6 is 0 Å². The van der Waals surface area contributed by atoms with E-state index in [1.54, 1.807) is 0 Å². The fourth-order valence-electron chi connectivity index (χ4n) is 2.13. The number of benzene rings is 1. The molecule has 122 valence electrons. The van der Waals surface area contributed by atoms with Gasteiger partial charge in [-0.3, -0.25) is 0 Å². The molecule has 0 heterocycles. The van der Waals surface area contributed by atoms with Crippen molar-refractivity contribution < 1.29 is 13.2 Å². The quantitative estimate of drug-likeness (QED) is 0.521. The lowest BCUT2D eigenvalue weighted by Gasteiger charge is -2.15. The molecule has 0 atom stereocenters. The summed E-state index contributed by atoms with van der Waals surface area (Å²) in [5.74, 6) is 0. The summed E-state index contributed by atoms with van der Waals surface area (Å²) in [6.07, 6.45) is -3.72. The van der Waals surface area contributed by atoms with Gasteiger partial charge < -0.3 is 10.7 Å². The highest BCUT2D eigenvalue weighted by Crippen LogP contribution is 2.26. The Bertz CT molecular complexity index is 533. The summed E-state index contributed by atoms with van der Waals surface area (Å²) in [5, 5.41) is 10.3. The van der Waals surface area contributed by atoms with E-state index in [-0.39, 0.29) is 12.8 Å². The zero-order valence-electron chi connectivity index (χ0n) is 13.1. The molecule has 5 heteroatoms. The number of hydrogen-bond donors (Lipinski definition) is 2. The van der Waals surface area contributed by atoms with Crippen LogP contribution in [-0.4, -0.2) is 18.4 Å². The van der Waals surface area contributed by atoms with E-state index in [0.29, 0.717) is 12.1 Å². The highest BCUT2D eigenvalue weighted by molar-refractivity contribution is 5.88. The molecule has 0 amide bonds. The van der Waals surface area contributed by atoms with E-state index >= 15 is 0 Å². The molecule has 1 aromatic carbocycles. The van der Waals surface area contributed by atoms with Crippen molar-refractivity contribution in [2.45, 2.75) is 45.8 Å². The van der Waals surface area contributed by atoms with Crippen molar-refractivity contribution >= 4 is 11.3 Å². The van der Waals surface area contributed by atoms with Gasteiger partial charge in [-0.15, -0.1) is 0 Å². The molecule has 1 aromatic rings. The summed E-state index contributed by atoms with van der Waals surface area (Å²) in [5.41, 5.74) is 2.40. The third kappa shape index (κ3) is 5.64. The first-order chi connectivity index (χ1) is 10.3. The van der Waals surface area contributed by atoms with Crippen molar-refractivity contribution in [2.24, 2.45) is 0 Å². The van der Waals surface area contributed by atoms with Crippen molar-refractivity contribution in [1.29, 1.82) is 5.41 Å². The van der Waals surface area contributed by atoms with Gasteiger partial charge in [-0.2, -0.15) is 13.2 Å². The van der Waals surface area contributed by atoms with E-state index in [4.69, 9.17) is 5.41 Å². The number of halogens is 3. The predicted octanol–water partition coefficient (Wildman–Crippen LogP) is 4.87. The second kappa shape index (κ2) is 8.13. The molecule has 0 radical (unpaired) electrons. The Kier molecular flexibility index (Phi) is 6.81. The Hall–Kier alpha value is -1.62. The Balaban J connectivity index is 2.78. The summed E-state index contributed by atoms with van der Waals surface area (Å²) < 4.78 is 37.2. The molecular formula is C17H23F3N2. The van der Waals surface area contributed by atoms with Crippen LogP contribution in [0, 0.1) is 12.3 Å². The molecular weight excluding hydrogens is 289 g/mol. The number of hydrogen-bond acceptors (Lipinski definition) is 2. The van der Waals surface area contributed by atoms with Crippen LogP contribution in [0.15, 0.2) is 24.8 Å². The van der Waals surface area contributed by atoms with E-state index in [1.807, 2.05) is 25.1 Å². The van der Waals surface area contributed by atoms with Crippen LogP contribution in [0.25, 0.3) is 5.57 Å². The van der Waals surface area contributed by atoms with Crippen LogP contribution in [-0.2, 0) is 6.54 Å². The average Bonchev–Trinajstić information content (AvgIpc) is 2.45. The second-order valence-electron chi connectivity index (χ2n) is 5.42. The molecule has 0 saturated heterocycles. The molecule has 0 aliphatic carbocycles. The minimum absolute atomic E-state index is 0.141. The summed E-state index contributed by atoms with van der Waals surface area (Å²) in [6, 6.07) is 5.91. The molecule has 0 unspecified atom stereocenters. The molecule has 0 aliphatic rings. The molecule has 0 saturated carbocycles. The van der Waals surface area contributed by atoms with Crippen molar-refractivity contribution in [2.75, 3.05) is 6.54 Å². The highest BCUT2D eigenvalue weighted by atomic mass is 19.4. The van der Waals surface area contributed by atoms with Crippen LogP contribution in [0.1, 0.15) is 42.9 Å². The van der Waals surface area contributed by atoms with E-state index in [0.717, 1.165) is 29.7 Å². The van der Waals surface area contributed by atoms with Gasteiger partial charge in [-0.05, 0) is 49.4 Å². The minimum Gasteiger partial charge on any atom is -0.313 e. The molecule has 0 aromatic heterocycles. The molecule has 2 nitrogen and oxygen atoms in total. The number of allylic oxidation sites excluding steroid dienone is 1. The first kappa shape index (κ1) is 18.4. The van der Waals surface area contributed by atoms with Crippen LogP contribution in [0.4, 0.5) is 13.2 Å². The van der Waals surface area contributed by atoms with Crippen LogP contribution in [0.5, 0.6) is 0 Å². The summed E-state index contributed by atoms with van der Waals surface area (Å²) in [6.45, 7) is 9.49. The van der Waals surface area contributed by atoms with Gasteiger partial charge in [0.2, 0.25) is 0 Å². The van der Waals surface area contributed by atoms with Gasteiger partial charge in [0.25, 0.3) is 0 Å². The normalized spacial score (nSPS) is 11.5. The first-order valence-electron chi connectivity index (χ1n) is 7.38. The van der Waals surface area contributed by atoms with Crippen molar-refractivity contribution in [3.63, 3.8) is 0 Å². The largest absolute Gasteiger partial charge is 0.428 e. The van der Waals surface area contributed by atoms with Crippen LogP contribution in [0.3, 0.4) is 0 Å². The summed E-state index contributed by atoms with van der Waals surface area (Å²) >= 11 is 0. The molecule has 2 N–H and O–H groups in total. The van der Waals surface area contributed by atoms with Gasteiger partial charge in [0.15, 0.2) is 0 Å². The lowest BCUT2D eigenvalue weighted by molar-refractivity contribution is -0.0611. The molecule has 0 bridgehead atoms. The average molecular weight is 312 g/mol. The maximum Gasteiger partial charge on any atom is 0.428 e. The molecule has 1 rings (SSSR count). The third-order valence-electron chi connectivity index (χ3n) is 3.41. The van der Waals surface area contributed by atoms with Gasteiger partial charge in [-0.1, -0.05) is 37.3 Å². The number of alkyl halides is 3. The fraction of sp³-hybridized carbons (Fsp3) is 0.471. The van der Waals surface area contributed by atoms with E-state index < -0.39 is 11.9 Å². The molecule has 0 spiro atoms. The lowest BCUT2D eigenvalue weighted by atomic mass is 9.94. The monoisotopic (exact) mass is 312 g/mol. The van der Waals surface area contributed by atoms with Crippen molar-refractivity contribution in [1.82, 2.24) is 5.32 Å². The van der Waals surface area contributed by atoms with E-state index in [9.17, 15) is 13.2 Å².